The monoisotopic (exact) mass is 464 g/mol. The Balaban J connectivity index is 1.46. The number of halogens is 3. The van der Waals surface area contributed by atoms with Crippen LogP contribution >= 0.6 is 0 Å². The van der Waals surface area contributed by atoms with Gasteiger partial charge in [-0.2, -0.15) is 18.3 Å². The van der Waals surface area contributed by atoms with E-state index in [4.69, 9.17) is 4.74 Å². The molecule has 6 nitrogen and oxygen atoms in total. The molecule has 1 saturated heterocycles. The summed E-state index contributed by atoms with van der Waals surface area (Å²) < 4.78 is 45.9. The van der Waals surface area contributed by atoms with Crippen LogP contribution in [0.3, 0.4) is 0 Å². The molecule has 0 N–H and O–H groups in total. The summed E-state index contributed by atoms with van der Waals surface area (Å²) in [7, 11) is 1.43. The number of amides is 1. The van der Waals surface area contributed by atoms with Crippen molar-refractivity contribution < 1.29 is 22.7 Å². The van der Waals surface area contributed by atoms with E-state index in [1.807, 2.05) is 0 Å². The van der Waals surface area contributed by atoms with Gasteiger partial charge in [-0.1, -0.05) is 25.3 Å². The van der Waals surface area contributed by atoms with Gasteiger partial charge in [-0.15, -0.1) is 0 Å². The van der Waals surface area contributed by atoms with E-state index >= 15 is 0 Å². The smallest absolute Gasteiger partial charge is 0.416 e. The molecule has 2 aliphatic rings. The van der Waals surface area contributed by atoms with E-state index in [1.54, 1.807) is 4.90 Å². The van der Waals surface area contributed by atoms with E-state index in [0.29, 0.717) is 13.1 Å². The number of hydrogen-bond acceptors (Lipinski definition) is 4. The lowest BCUT2D eigenvalue weighted by atomic mass is 9.89. The summed E-state index contributed by atoms with van der Waals surface area (Å²) in [6, 6.07) is 4.86. The third-order valence-corrected chi connectivity index (χ3v) is 6.66. The number of rotatable bonds is 5. The van der Waals surface area contributed by atoms with Crippen LogP contribution in [0.1, 0.15) is 54.6 Å². The molecular weight excluding hydrogens is 433 g/mol. The summed E-state index contributed by atoms with van der Waals surface area (Å²) in [4.78, 5) is 17.5. The highest BCUT2D eigenvalue weighted by atomic mass is 19.4. The van der Waals surface area contributed by atoms with E-state index < -0.39 is 11.7 Å². The van der Waals surface area contributed by atoms with Gasteiger partial charge in [0.1, 0.15) is 0 Å². The minimum absolute atomic E-state index is 0.121. The molecule has 2 fully saturated rings. The highest BCUT2D eigenvalue weighted by molar-refractivity contribution is 5.95. The summed E-state index contributed by atoms with van der Waals surface area (Å²) in [5.41, 5.74) is -0.430. The molecule has 1 amide bonds. The van der Waals surface area contributed by atoms with E-state index in [0.717, 1.165) is 44.1 Å². The number of carbonyl (C=O) groups is 1. The van der Waals surface area contributed by atoms with Crippen molar-refractivity contribution in [1.82, 2.24) is 19.6 Å². The maximum absolute atomic E-state index is 13.3. The van der Waals surface area contributed by atoms with Gasteiger partial charge in [0.2, 0.25) is 0 Å². The second-order valence-corrected chi connectivity index (χ2v) is 8.99. The Morgan fingerprint density at radius 2 is 1.88 bits per heavy atom. The van der Waals surface area contributed by atoms with Crippen LogP contribution in [0.5, 0.6) is 5.75 Å². The number of benzene rings is 1. The summed E-state index contributed by atoms with van der Waals surface area (Å²) >= 11 is 0. The molecule has 9 heteroatoms. The van der Waals surface area contributed by atoms with Crippen molar-refractivity contribution in [2.75, 3.05) is 39.8 Å². The Morgan fingerprint density at radius 3 is 2.61 bits per heavy atom. The Labute approximate surface area is 192 Å². The molecule has 1 aliphatic heterocycles. The minimum Gasteiger partial charge on any atom is -0.493 e. The molecule has 1 aromatic heterocycles. The highest BCUT2D eigenvalue weighted by Gasteiger charge is 2.31. The fraction of sp³-hybridized carbons (Fsp3) is 0.583. The van der Waals surface area contributed by atoms with Gasteiger partial charge in [0.25, 0.3) is 5.91 Å². The molecule has 180 valence electrons. The van der Waals surface area contributed by atoms with Crippen LogP contribution in [0.15, 0.2) is 30.5 Å². The van der Waals surface area contributed by atoms with Crippen LogP contribution in [0.4, 0.5) is 13.2 Å². The minimum atomic E-state index is -4.46. The predicted octanol–water partition coefficient (Wildman–Crippen LogP) is 4.63. The largest absolute Gasteiger partial charge is 0.493 e. The third-order valence-electron chi connectivity index (χ3n) is 6.66. The normalized spacial score (nSPS) is 18.8. The Hall–Kier alpha value is -2.55. The van der Waals surface area contributed by atoms with Gasteiger partial charge in [-0.3, -0.25) is 4.79 Å². The first-order chi connectivity index (χ1) is 15.8. The molecule has 33 heavy (non-hydrogen) atoms. The van der Waals surface area contributed by atoms with Crippen molar-refractivity contribution in [2.45, 2.75) is 44.7 Å². The second-order valence-electron chi connectivity index (χ2n) is 8.99. The zero-order valence-electron chi connectivity index (χ0n) is 19.0. The van der Waals surface area contributed by atoms with Crippen molar-refractivity contribution in [1.29, 1.82) is 0 Å². The molecule has 0 spiro atoms. The first kappa shape index (κ1) is 23.6. The third kappa shape index (κ3) is 5.69. The van der Waals surface area contributed by atoms with Crippen LogP contribution in [0.25, 0.3) is 5.69 Å². The average Bonchev–Trinajstić information content (AvgIpc) is 3.12. The van der Waals surface area contributed by atoms with E-state index in [9.17, 15) is 18.0 Å². The van der Waals surface area contributed by atoms with Gasteiger partial charge in [-0.25, -0.2) is 4.68 Å². The zero-order chi connectivity index (χ0) is 23.4. The zero-order valence-corrected chi connectivity index (χ0v) is 19.0. The first-order valence-electron chi connectivity index (χ1n) is 11.7. The quantitative estimate of drug-likeness (QED) is 0.648. The van der Waals surface area contributed by atoms with Crippen LogP contribution in [-0.2, 0) is 6.18 Å². The fourth-order valence-electron chi connectivity index (χ4n) is 4.85. The van der Waals surface area contributed by atoms with Gasteiger partial charge in [0.15, 0.2) is 11.4 Å². The number of hydrogen-bond donors (Lipinski definition) is 0. The van der Waals surface area contributed by atoms with Gasteiger partial charge in [0, 0.05) is 26.2 Å². The molecule has 0 atom stereocenters. The lowest BCUT2D eigenvalue weighted by Gasteiger charge is -2.28. The Kier molecular flexibility index (Phi) is 7.26. The molecule has 2 heterocycles. The Bertz CT molecular complexity index is 953. The molecule has 1 saturated carbocycles. The average molecular weight is 465 g/mol. The van der Waals surface area contributed by atoms with Crippen molar-refractivity contribution in [3.05, 3.63) is 41.7 Å². The molecule has 1 aromatic carbocycles. The van der Waals surface area contributed by atoms with Gasteiger partial charge < -0.3 is 14.5 Å². The molecule has 0 radical (unpaired) electrons. The molecule has 4 rings (SSSR count). The van der Waals surface area contributed by atoms with Gasteiger partial charge in [-0.05, 0) is 49.9 Å². The van der Waals surface area contributed by atoms with E-state index in [1.165, 1.54) is 62.2 Å². The lowest BCUT2D eigenvalue weighted by molar-refractivity contribution is -0.137. The van der Waals surface area contributed by atoms with Crippen molar-refractivity contribution in [3.8, 4) is 11.4 Å². The number of alkyl halides is 3. The molecule has 2 aromatic rings. The number of methoxy groups -OCH3 is 1. The standard InChI is InChI=1S/C24H31F3N4O2/c1-33-21-17-31(20-10-5-9-19(15-20)24(25,26)27)28-22(21)23(32)30-12-6-11-29(13-14-30)16-18-7-3-2-4-8-18/h5,9-10,15,17-18H,2-4,6-8,11-14,16H2,1H3. The number of nitrogens with zero attached hydrogens (tertiary/aromatic N) is 4. The fourth-order valence-corrected chi connectivity index (χ4v) is 4.85. The molecule has 0 bridgehead atoms. The van der Waals surface area contributed by atoms with E-state index in [2.05, 4.69) is 10.00 Å². The maximum Gasteiger partial charge on any atom is 0.416 e. The second kappa shape index (κ2) is 10.2. The Morgan fingerprint density at radius 1 is 1.09 bits per heavy atom. The number of aromatic nitrogens is 2. The summed E-state index contributed by atoms with van der Waals surface area (Å²) in [5, 5.41) is 4.31. The van der Waals surface area contributed by atoms with E-state index in [-0.39, 0.29) is 23.0 Å². The SMILES string of the molecule is COc1cn(-c2cccc(C(F)(F)F)c2)nc1C(=O)N1CCCN(CC2CCCCC2)CC1. The molecular formula is C24H31F3N4O2. The number of carbonyl (C=O) groups excluding carboxylic acids is 1. The summed E-state index contributed by atoms with van der Waals surface area (Å²) in [6.07, 6.45) is 4.45. The molecule has 1 aliphatic carbocycles. The highest BCUT2D eigenvalue weighted by Crippen LogP contribution is 2.31. The van der Waals surface area contributed by atoms with Gasteiger partial charge >= 0.3 is 6.18 Å². The first-order valence-corrected chi connectivity index (χ1v) is 11.7. The van der Waals surface area contributed by atoms with Gasteiger partial charge in [0.05, 0.1) is 24.6 Å². The van der Waals surface area contributed by atoms with Crippen LogP contribution in [-0.4, -0.2) is 65.3 Å². The van der Waals surface area contributed by atoms with Crippen LogP contribution in [0, 0.1) is 5.92 Å². The van der Waals surface area contributed by atoms with Crippen molar-refractivity contribution in [2.24, 2.45) is 5.92 Å². The summed E-state index contributed by atoms with van der Waals surface area (Å²) in [5.74, 6) is 0.752. The van der Waals surface area contributed by atoms with Crippen LogP contribution < -0.4 is 4.74 Å². The maximum atomic E-state index is 13.3. The van der Waals surface area contributed by atoms with Crippen LogP contribution in [0.2, 0.25) is 0 Å². The summed E-state index contributed by atoms with van der Waals surface area (Å²) in [6.45, 7) is 4.11. The number of ether oxygens (including phenoxy) is 1. The van der Waals surface area contributed by atoms with Crippen molar-refractivity contribution in [3.63, 3.8) is 0 Å². The topological polar surface area (TPSA) is 50.6 Å². The molecule has 0 unspecified atom stereocenters. The predicted molar refractivity (Wildman–Crippen MR) is 119 cm³/mol. The lowest BCUT2D eigenvalue weighted by Crippen LogP contribution is -2.37. The van der Waals surface area contributed by atoms with Crippen molar-refractivity contribution >= 4 is 5.91 Å².